The fourth-order valence-corrected chi connectivity index (χ4v) is 3.20. The number of hydrogen-bond donors (Lipinski definition) is 1. The molecule has 0 fully saturated rings. The van der Waals surface area contributed by atoms with Crippen LogP contribution in [0.2, 0.25) is 0 Å². The molecule has 2 aromatic heterocycles. The molecule has 0 unspecified atom stereocenters. The fourth-order valence-electron chi connectivity index (χ4n) is 2.38. The van der Waals surface area contributed by atoms with Crippen molar-refractivity contribution in [2.24, 2.45) is 12.8 Å². The highest BCUT2D eigenvalue weighted by atomic mass is 79.9. The maximum atomic E-state index is 5.66. The van der Waals surface area contributed by atoms with E-state index in [0.717, 1.165) is 39.3 Å². The van der Waals surface area contributed by atoms with Crippen LogP contribution in [0.25, 0.3) is 16.8 Å². The summed E-state index contributed by atoms with van der Waals surface area (Å²) < 4.78 is 10.4. The number of nitrogens with zero attached hydrogens (tertiary/aromatic N) is 3. The monoisotopic (exact) mass is 322 g/mol. The fraction of sp³-hybridized carbons (Fsp3) is 0.308. The quantitative estimate of drug-likeness (QED) is 0.803. The second kappa shape index (κ2) is 4.54. The Kier molecular flexibility index (Phi) is 2.99. The first-order valence-electron chi connectivity index (χ1n) is 6.06. The second-order valence-corrected chi connectivity index (χ2v) is 5.19. The van der Waals surface area contributed by atoms with E-state index in [-0.39, 0.29) is 0 Å². The van der Waals surface area contributed by atoms with Crippen LogP contribution in [0.5, 0.6) is 5.75 Å². The summed E-state index contributed by atoms with van der Waals surface area (Å²) in [6, 6.07) is 5.88. The summed E-state index contributed by atoms with van der Waals surface area (Å²) in [6.07, 6.45) is 0.811. The summed E-state index contributed by atoms with van der Waals surface area (Å²) in [5.41, 5.74) is 8.79. The summed E-state index contributed by atoms with van der Waals surface area (Å²) >= 11 is 3.66. The highest BCUT2D eigenvalue weighted by molar-refractivity contribution is 9.10. The molecule has 0 amide bonds. The first-order valence-corrected chi connectivity index (χ1v) is 6.86. The van der Waals surface area contributed by atoms with Crippen LogP contribution in [0.15, 0.2) is 22.8 Å². The predicted molar refractivity (Wildman–Crippen MR) is 78.7 cm³/mol. The largest absolute Gasteiger partial charge is 0.497 e. The lowest BCUT2D eigenvalue weighted by Gasteiger charge is -2.01. The van der Waals surface area contributed by atoms with Crippen LogP contribution in [0.3, 0.4) is 0 Å². The molecule has 5 nitrogen and oxygen atoms in total. The minimum Gasteiger partial charge on any atom is -0.497 e. The van der Waals surface area contributed by atoms with Gasteiger partial charge in [-0.15, -0.1) is 0 Å². The zero-order valence-electron chi connectivity index (χ0n) is 10.9. The molecule has 0 aliphatic heterocycles. The summed E-state index contributed by atoms with van der Waals surface area (Å²) in [4.78, 5) is 4.65. The van der Waals surface area contributed by atoms with Gasteiger partial charge in [0.25, 0.3) is 0 Å². The Morgan fingerprint density at radius 3 is 2.89 bits per heavy atom. The topological polar surface area (TPSA) is 57.5 Å². The molecule has 0 bridgehead atoms. The van der Waals surface area contributed by atoms with E-state index >= 15 is 0 Å². The van der Waals surface area contributed by atoms with E-state index in [4.69, 9.17) is 10.5 Å². The van der Waals surface area contributed by atoms with E-state index in [1.54, 1.807) is 7.11 Å². The Morgan fingerprint density at radius 1 is 1.42 bits per heavy atom. The minimum atomic E-state index is 0.612. The van der Waals surface area contributed by atoms with Crippen LogP contribution in [-0.4, -0.2) is 27.6 Å². The highest BCUT2D eigenvalue weighted by Crippen LogP contribution is 2.29. The number of imidazole rings is 2. The molecule has 3 rings (SSSR count). The molecule has 2 N–H and O–H groups in total. The van der Waals surface area contributed by atoms with Crippen LogP contribution < -0.4 is 10.5 Å². The number of halogens is 1. The lowest BCUT2D eigenvalue weighted by Crippen LogP contribution is -2.07. The average Bonchev–Trinajstić information content (AvgIpc) is 2.90. The average molecular weight is 323 g/mol. The number of benzene rings is 1. The van der Waals surface area contributed by atoms with Gasteiger partial charge in [0.05, 0.1) is 23.8 Å². The molecule has 3 aromatic rings. The van der Waals surface area contributed by atoms with Gasteiger partial charge in [0.1, 0.15) is 10.4 Å². The predicted octanol–water partition coefficient (Wildman–Crippen LogP) is 2.10. The van der Waals surface area contributed by atoms with Crippen molar-refractivity contribution in [2.45, 2.75) is 6.42 Å². The summed E-state index contributed by atoms with van der Waals surface area (Å²) in [5.74, 6) is 1.73. The summed E-state index contributed by atoms with van der Waals surface area (Å²) in [6.45, 7) is 0.612. The van der Waals surface area contributed by atoms with Gasteiger partial charge >= 0.3 is 0 Å². The molecule has 19 heavy (non-hydrogen) atoms. The number of hydrogen-bond acceptors (Lipinski definition) is 3. The van der Waals surface area contributed by atoms with Gasteiger partial charge in [0, 0.05) is 19.5 Å². The van der Waals surface area contributed by atoms with Crippen molar-refractivity contribution < 1.29 is 4.74 Å². The second-order valence-electron chi connectivity index (χ2n) is 4.44. The standard InChI is InChI=1S/C13H15BrN4O/c1-17-10(5-6-15)12(14)18-11-7-8(19-2)3-4-9(11)16-13(17)18/h3-4,7H,5-6,15H2,1-2H3. The van der Waals surface area contributed by atoms with Crippen molar-refractivity contribution >= 4 is 32.7 Å². The molecule has 100 valence electrons. The molecule has 2 heterocycles. The minimum absolute atomic E-state index is 0.612. The number of ether oxygens (including phenoxy) is 1. The Balaban J connectivity index is 2.37. The van der Waals surface area contributed by atoms with Crippen LogP contribution in [0.1, 0.15) is 5.69 Å². The molecule has 0 spiro atoms. The third kappa shape index (κ3) is 1.74. The van der Waals surface area contributed by atoms with Gasteiger partial charge in [0.2, 0.25) is 5.78 Å². The Hall–Kier alpha value is -1.53. The van der Waals surface area contributed by atoms with E-state index in [1.165, 1.54) is 0 Å². The molecule has 0 aliphatic rings. The molecule has 0 saturated carbocycles. The van der Waals surface area contributed by atoms with Gasteiger partial charge in [-0.3, -0.25) is 4.40 Å². The van der Waals surface area contributed by atoms with E-state index in [1.807, 2.05) is 25.2 Å². The molecular weight excluding hydrogens is 308 g/mol. The van der Waals surface area contributed by atoms with Crippen LogP contribution in [0.4, 0.5) is 0 Å². The summed E-state index contributed by atoms with van der Waals surface area (Å²) in [5, 5.41) is 0. The van der Waals surface area contributed by atoms with Crippen molar-refractivity contribution in [1.29, 1.82) is 0 Å². The molecule has 6 heteroatoms. The number of rotatable bonds is 3. The van der Waals surface area contributed by atoms with E-state index in [2.05, 4.69) is 29.9 Å². The first-order chi connectivity index (χ1) is 9.17. The Bertz CT molecular complexity index is 759. The van der Waals surface area contributed by atoms with Crippen LogP contribution in [-0.2, 0) is 13.5 Å². The molecule has 1 aromatic carbocycles. The number of aryl methyl sites for hydroxylation is 1. The SMILES string of the molecule is COc1ccc2nc3n(C)c(CCN)c(Br)n3c2c1. The number of methoxy groups -OCH3 is 1. The molecule has 0 atom stereocenters. The lowest BCUT2D eigenvalue weighted by atomic mass is 10.3. The normalized spacial score (nSPS) is 11.6. The smallest absolute Gasteiger partial charge is 0.215 e. The van der Waals surface area contributed by atoms with Crippen molar-refractivity contribution in [3.63, 3.8) is 0 Å². The summed E-state index contributed by atoms with van der Waals surface area (Å²) in [7, 11) is 3.67. The zero-order valence-corrected chi connectivity index (χ0v) is 12.4. The third-order valence-corrected chi connectivity index (χ3v) is 4.18. The zero-order chi connectivity index (χ0) is 13.6. The maximum Gasteiger partial charge on any atom is 0.215 e. The highest BCUT2D eigenvalue weighted by Gasteiger charge is 2.17. The van der Waals surface area contributed by atoms with Gasteiger partial charge < -0.3 is 15.0 Å². The molecule has 0 aliphatic carbocycles. The molecule has 0 radical (unpaired) electrons. The molecule has 0 saturated heterocycles. The Morgan fingerprint density at radius 2 is 2.21 bits per heavy atom. The van der Waals surface area contributed by atoms with Crippen LogP contribution >= 0.6 is 15.9 Å². The maximum absolute atomic E-state index is 5.66. The van der Waals surface area contributed by atoms with E-state index < -0.39 is 0 Å². The number of aromatic nitrogens is 3. The van der Waals surface area contributed by atoms with Gasteiger partial charge in [-0.1, -0.05) is 0 Å². The van der Waals surface area contributed by atoms with Crippen molar-refractivity contribution in [3.05, 3.63) is 28.5 Å². The van der Waals surface area contributed by atoms with Gasteiger partial charge in [0.15, 0.2) is 0 Å². The van der Waals surface area contributed by atoms with Gasteiger partial charge in [-0.05, 0) is 34.6 Å². The Labute approximate surface area is 119 Å². The van der Waals surface area contributed by atoms with Gasteiger partial charge in [-0.2, -0.15) is 0 Å². The van der Waals surface area contributed by atoms with Crippen molar-refractivity contribution in [3.8, 4) is 5.75 Å². The third-order valence-electron chi connectivity index (χ3n) is 3.36. The van der Waals surface area contributed by atoms with E-state index in [9.17, 15) is 0 Å². The first kappa shape index (κ1) is 12.5. The number of fused-ring (bicyclic) bond motifs is 3. The number of nitrogens with two attached hydrogens (primary N) is 1. The van der Waals surface area contributed by atoms with Crippen molar-refractivity contribution in [2.75, 3.05) is 13.7 Å². The molecular formula is C13H15BrN4O. The van der Waals surface area contributed by atoms with Crippen LogP contribution in [0, 0.1) is 0 Å². The van der Waals surface area contributed by atoms with Gasteiger partial charge in [-0.25, -0.2) is 4.98 Å². The lowest BCUT2D eigenvalue weighted by molar-refractivity contribution is 0.415. The van der Waals surface area contributed by atoms with E-state index in [0.29, 0.717) is 6.54 Å². The van der Waals surface area contributed by atoms with Crippen molar-refractivity contribution in [1.82, 2.24) is 14.0 Å².